The van der Waals surface area contributed by atoms with Crippen molar-refractivity contribution in [3.8, 4) is 0 Å². The topological polar surface area (TPSA) is 101 Å². The largest absolute Gasteiger partial charge is 0.390 e. The van der Waals surface area contributed by atoms with E-state index in [-0.39, 0.29) is 6.42 Å². The lowest BCUT2D eigenvalue weighted by atomic mass is 9.77. The summed E-state index contributed by atoms with van der Waals surface area (Å²) in [6.45, 7) is 3.44. The molecule has 5 heteroatoms. The van der Waals surface area contributed by atoms with E-state index >= 15 is 0 Å². The fourth-order valence-electron chi connectivity index (χ4n) is 1.79. The minimum absolute atomic E-state index is 0.267. The van der Waals surface area contributed by atoms with Gasteiger partial charge < -0.3 is 25.5 Å². The summed E-state index contributed by atoms with van der Waals surface area (Å²) < 4.78 is 0. The number of allylic oxidation sites excluding steroid dienone is 1. The summed E-state index contributed by atoms with van der Waals surface area (Å²) in [6.07, 6.45) is -5.13. The van der Waals surface area contributed by atoms with E-state index in [0.29, 0.717) is 0 Å². The van der Waals surface area contributed by atoms with E-state index in [4.69, 9.17) is 0 Å². The molecule has 82 valence electrons. The summed E-state index contributed by atoms with van der Waals surface area (Å²) in [4.78, 5) is 0. The van der Waals surface area contributed by atoms with E-state index in [1.54, 1.807) is 0 Å². The monoisotopic (exact) mass is 204 g/mol. The van der Waals surface area contributed by atoms with Crippen molar-refractivity contribution in [2.75, 3.05) is 0 Å². The number of hydrogen-bond acceptors (Lipinski definition) is 5. The molecule has 0 saturated heterocycles. The molecule has 0 aromatic carbocycles. The molecule has 0 bridgehead atoms. The molecule has 14 heavy (non-hydrogen) atoms. The zero-order valence-electron chi connectivity index (χ0n) is 7.69. The van der Waals surface area contributed by atoms with Crippen molar-refractivity contribution in [3.05, 3.63) is 12.7 Å². The van der Waals surface area contributed by atoms with Crippen LogP contribution in [0.5, 0.6) is 0 Å². The molecule has 1 aliphatic rings. The van der Waals surface area contributed by atoms with Gasteiger partial charge in [-0.05, 0) is 6.42 Å². The minimum atomic E-state index is -1.51. The van der Waals surface area contributed by atoms with Crippen LogP contribution in [-0.4, -0.2) is 56.1 Å². The number of hydrogen-bond donors (Lipinski definition) is 5. The SMILES string of the molecule is C=CCC1[C@@H](O)[C@H](O)C(O)[C@@H](O)[C@H]1O. The minimum Gasteiger partial charge on any atom is -0.390 e. The van der Waals surface area contributed by atoms with Crippen molar-refractivity contribution in [3.63, 3.8) is 0 Å². The summed E-state index contributed by atoms with van der Waals surface area (Å²) in [5.74, 6) is -0.694. The van der Waals surface area contributed by atoms with Gasteiger partial charge in [0.2, 0.25) is 0 Å². The second-order valence-corrected chi connectivity index (χ2v) is 3.64. The number of rotatable bonds is 2. The van der Waals surface area contributed by atoms with Gasteiger partial charge in [0.25, 0.3) is 0 Å². The maximum atomic E-state index is 9.50. The Bertz CT molecular complexity index is 191. The lowest BCUT2D eigenvalue weighted by Gasteiger charge is -2.41. The summed E-state index contributed by atoms with van der Waals surface area (Å²) in [5.41, 5.74) is 0. The van der Waals surface area contributed by atoms with Gasteiger partial charge in [-0.25, -0.2) is 0 Å². The van der Waals surface area contributed by atoms with Crippen LogP contribution < -0.4 is 0 Å². The predicted molar refractivity (Wildman–Crippen MR) is 48.3 cm³/mol. The highest BCUT2D eigenvalue weighted by molar-refractivity contribution is 4.99. The second kappa shape index (κ2) is 4.37. The highest BCUT2D eigenvalue weighted by Gasteiger charge is 2.47. The van der Waals surface area contributed by atoms with Crippen molar-refractivity contribution < 1.29 is 25.5 Å². The maximum Gasteiger partial charge on any atom is 0.111 e. The normalized spacial score (nSPS) is 48.9. The average Bonchev–Trinajstić information content (AvgIpc) is 2.19. The van der Waals surface area contributed by atoms with Crippen LogP contribution in [0.4, 0.5) is 0 Å². The van der Waals surface area contributed by atoms with Gasteiger partial charge in [0.15, 0.2) is 0 Å². The van der Waals surface area contributed by atoms with Gasteiger partial charge in [-0.2, -0.15) is 0 Å². The Hall–Kier alpha value is -0.460. The first-order valence-corrected chi connectivity index (χ1v) is 4.52. The van der Waals surface area contributed by atoms with Gasteiger partial charge >= 0.3 is 0 Å². The van der Waals surface area contributed by atoms with Crippen LogP contribution in [0, 0.1) is 5.92 Å². The Morgan fingerprint density at radius 1 is 0.786 bits per heavy atom. The van der Waals surface area contributed by atoms with Gasteiger partial charge in [0.1, 0.15) is 18.3 Å². The van der Waals surface area contributed by atoms with Gasteiger partial charge in [0, 0.05) is 5.92 Å². The van der Waals surface area contributed by atoms with Crippen LogP contribution in [0.3, 0.4) is 0 Å². The lowest BCUT2D eigenvalue weighted by Crippen LogP contribution is -2.60. The summed E-state index contributed by atoms with van der Waals surface area (Å²) in [6, 6.07) is 0. The molecule has 2 unspecified atom stereocenters. The molecule has 5 N–H and O–H groups in total. The first kappa shape index (κ1) is 11.6. The van der Waals surface area contributed by atoms with Gasteiger partial charge in [-0.15, -0.1) is 6.58 Å². The van der Waals surface area contributed by atoms with Crippen molar-refractivity contribution in [1.29, 1.82) is 0 Å². The maximum absolute atomic E-state index is 9.50. The quantitative estimate of drug-likeness (QED) is 0.335. The molecule has 1 aliphatic carbocycles. The third kappa shape index (κ3) is 1.82. The zero-order valence-corrected chi connectivity index (χ0v) is 7.69. The van der Waals surface area contributed by atoms with Crippen LogP contribution in [0.1, 0.15) is 6.42 Å². The molecule has 0 radical (unpaired) electrons. The van der Waals surface area contributed by atoms with Crippen molar-refractivity contribution in [2.24, 2.45) is 5.92 Å². The van der Waals surface area contributed by atoms with Crippen LogP contribution in [0.2, 0.25) is 0 Å². The average molecular weight is 204 g/mol. The first-order chi connectivity index (χ1) is 6.50. The first-order valence-electron chi connectivity index (χ1n) is 4.52. The summed E-state index contributed by atoms with van der Waals surface area (Å²) >= 11 is 0. The smallest absolute Gasteiger partial charge is 0.111 e. The van der Waals surface area contributed by atoms with Crippen LogP contribution >= 0.6 is 0 Å². The molecular weight excluding hydrogens is 188 g/mol. The van der Waals surface area contributed by atoms with Gasteiger partial charge in [0.05, 0.1) is 12.2 Å². The number of aliphatic hydroxyl groups excluding tert-OH is 5. The van der Waals surface area contributed by atoms with E-state index in [1.165, 1.54) is 6.08 Å². The van der Waals surface area contributed by atoms with Crippen molar-refractivity contribution >= 4 is 0 Å². The predicted octanol–water partition coefficient (Wildman–Crippen LogP) is -2.00. The molecule has 6 atom stereocenters. The van der Waals surface area contributed by atoms with Crippen molar-refractivity contribution in [2.45, 2.75) is 36.9 Å². The van der Waals surface area contributed by atoms with Crippen LogP contribution in [0.25, 0.3) is 0 Å². The van der Waals surface area contributed by atoms with Gasteiger partial charge in [-0.1, -0.05) is 6.08 Å². The highest BCUT2D eigenvalue weighted by atomic mass is 16.4. The Balaban J connectivity index is 2.80. The van der Waals surface area contributed by atoms with E-state index < -0.39 is 36.4 Å². The molecule has 1 saturated carbocycles. The third-order valence-electron chi connectivity index (χ3n) is 2.72. The Morgan fingerprint density at radius 2 is 1.14 bits per heavy atom. The summed E-state index contributed by atoms with van der Waals surface area (Å²) in [5, 5.41) is 46.9. The molecule has 0 spiro atoms. The van der Waals surface area contributed by atoms with Crippen molar-refractivity contribution in [1.82, 2.24) is 0 Å². The van der Waals surface area contributed by atoms with Gasteiger partial charge in [-0.3, -0.25) is 0 Å². The fourth-order valence-corrected chi connectivity index (χ4v) is 1.79. The number of aliphatic hydroxyl groups is 5. The lowest BCUT2D eigenvalue weighted by molar-refractivity contribution is -0.202. The molecular formula is C9H16O5. The second-order valence-electron chi connectivity index (χ2n) is 3.64. The Labute approximate surface area is 81.9 Å². The highest BCUT2D eigenvalue weighted by Crippen LogP contribution is 2.28. The molecule has 0 amide bonds. The zero-order chi connectivity index (χ0) is 10.9. The molecule has 0 aliphatic heterocycles. The third-order valence-corrected chi connectivity index (χ3v) is 2.72. The van der Waals surface area contributed by atoms with E-state index in [1.807, 2.05) is 0 Å². The van der Waals surface area contributed by atoms with E-state index in [2.05, 4.69) is 6.58 Å². The Morgan fingerprint density at radius 3 is 1.50 bits per heavy atom. The standard InChI is InChI=1S/C9H16O5/c1-2-3-4-5(10)7(12)9(14)8(13)6(4)11/h2,4-14H,1,3H2/t4?,5-,6+,7-,8-,9?/m0/s1. The molecule has 1 rings (SSSR count). The fraction of sp³-hybridized carbons (Fsp3) is 0.778. The molecule has 1 fully saturated rings. The molecule has 0 aromatic rings. The molecule has 5 nitrogen and oxygen atoms in total. The van der Waals surface area contributed by atoms with Crippen LogP contribution in [-0.2, 0) is 0 Å². The molecule has 0 aromatic heterocycles. The van der Waals surface area contributed by atoms with E-state index in [9.17, 15) is 25.5 Å². The van der Waals surface area contributed by atoms with Crippen LogP contribution in [0.15, 0.2) is 12.7 Å². The summed E-state index contributed by atoms with van der Waals surface area (Å²) in [7, 11) is 0. The molecule has 0 heterocycles. The Kier molecular flexibility index (Phi) is 3.63. The van der Waals surface area contributed by atoms with E-state index in [0.717, 1.165) is 0 Å².